The van der Waals surface area contributed by atoms with Gasteiger partial charge >= 0.3 is 0 Å². The Hall–Kier alpha value is -1.25. The van der Waals surface area contributed by atoms with Gasteiger partial charge in [-0.15, -0.1) is 11.8 Å². The highest BCUT2D eigenvalue weighted by atomic mass is 32.2. The van der Waals surface area contributed by atoms with E-state index in [0.29, 0.717) is 0 Å². The van der Waals surface area contributed by atoms with Gasteiger partial charge in [0.2, 0.25) is 0 Å². The van der Waals surface area contributed by atoms with Crippen molar-refractivity contribution in [2.75, 3.05) is 5.75 Å². The fourth-order valence-electron chi connectivity index (χ4n) is 1.88. The summed E-state index contributed by atoms with van der Waals surface area (Å²) in [5, 5.41) is 0. The average Bonchev–Trinajstić information content (AvgIpc) is 2.38. The molecular formula is C16H19NS. The zero-order chi connectivity index (χ0) is 12.8. The molecule has 0 aliphatic carbocycles. The minimum atomic E-state index is 0.206. The van der Waals surface area contributed by atoms with E-state index in [1.807, 2.05) is 17.8 Å². The van der Waals surface area contributed by atoms with Crippen LogP contribution in [0, 0.1) is 6.92 Å². The van der Waals surface area contributed by atoms with Crippen molar-refractivity contribution in [3.63, 3.8) is 0 Å². The van der Waals surface area contributed by atoms with E-state index >= 15 is 0 Å². The fourth-order valence-corrected chi connectivity index (χ4v) is 2.85. The quantitative estimate of drug-likeness (QED) is 0.827. The third-order valence-electron chi connectivity index (χ3n) is 2.79. The number of aryl methyl sites for hydroxylation is 1. The van der Waals surface area contributed by atoms with E-state index < -0.39 is 0 Å². The Morgan fingerprint density at radius 2 is 1.83 bits per heavy atom. The minimum Gasteiger partial charge on any atom is -0.327 e. The van der Waals surface area contributed by atoms with Crippen LogP contribution in [0.3, 0.4) is 0 Å². The lowest BCUT2D eigenvalue weighted by Crippen LogP contribution is -2.25. The number of benzene rings is 2. The molecule has 0 amide bonds. The summed E-state index contributed by atoms with van der Waals surface area (Å²) in [6, 6.07) is 19.2. The van der Waals surface area contributed by atoms with Crippen molar-refractivity contribution in [1.82, 2.24) is 0 Å². The number of nitrogens with two attached hydrogens (primary N) is 1. The highest BCUT2D eigenvalue weighted by Gasteiger charge is 2.05. The molecule has 18 heavy (non-hydrogen) atoms. The summed E-state index contributed by atoms with van der Waals surface area (Å²) in [5.74, 6) is 0.957. The summed E-state index contributed by atoms with van der Waals surface area (Å²) in [6.07, 6.45) is 0.944. The monoisotopic (exact) mass is 257 g/mol. The molecule has 94 valence electrons. The van der Waals surface area contributed by atoms with Crippen molar-refractivity contribution in [2.24, 2.45) is 5.73 Å². The van der Waals surface area contributed by atoms with Crippen LogP contribution in [0.25, 0.3) is 0 Å². The third kappa shape index (κ3) is 4.21. The van der Waals surface area contributed by atoms with Crippen LogP contribution in [0.5, 0.6) is 0 Å². The van der Waals surface area contributed by atoms with Gasteiger partial charge in [-0.1, -0.05) is 48.0 Å². The second-order valence-corrected chi connectivity index (χ2v) is 5.67. The third-order valence-corrected chi connectivity index (χ3v) is 3.98. The van der Waals surface area contributed by atoms with Crippen LogP contribution < -0.4 is 5.73 Å². The zero-order valence-electron chi connectivity index (χ0n) is 10.7. The largest absolute Gasteiger partial charge is 0.327 e. The topological polar surface area (TPSA) is 26.0 Å². The molecule has 0 saturated heterocycles. The molecule has 2 aromatic carbocycles. The van der Waals surface area contributed by atoms with Crippen molar-refractivity contribution in [3.8, 4) is 0 Å². The molecule has 2 rings (SSSR count). The summed E-state index contributed by atoms with van der Waals surface area (Å²) in [5.41, 5.74) is 8.79. The summed E-state index contributed by atoms with van der Waals surface area (Å²) < 4.78 is 0. The Morgan fingerprint density at radius 3 is 2.56 bits per heavy atom. The number of thioether (sulfide) groups is 1. The molecule has 0 radical (unpaired) electrons. The standard InChI is InChI=1S/C16H19NS/c1-13-6-5-9-16(10-13)18-12-15(17)11-14-7-3-2-4-8-14/h2-10,15H,11-12,17H2,1H3. The Bertz CT molecular complexity index is 481. The smallest absolute Gasteiger partial charge is 0.0174 e. The lowest BCUT2D eigenvalue weighted by molar-refractivity contribution is 0.749. The molecule has 1 nitrogen and oxygen atoms in total. The second kappa shape index (κ2) is 6.62. The van der Waals surface area contributed by atoms with Crippen LogP contribution in [0.2, 0.25) is 0 Å². The molecule has 0 fully saturated rings. The summed E-state index contributed by atoms with van der Waals surface area (Å²) >= 11 is 1.84. The normalized spacial score (nSPS) is 12.3. The predicted octanol–water partition coefficient (Wildman–Crippen LogP) is 3.66. The fraction of sp³-hybridized carbons (Fsp3) is 0.250. The van der Waals surface area contributed by atoms with Gasteiger partial charge in [-0.25, -0.2) is 0 Å². The van der Waals surface area contributed by atoms with Crippen LogP contribution in [0.15, 0.2) is 59.5 Å². The molecule has 1 atom stereocenters. The molecule has 2 heteroatoms. The molecule has 0 heterocycles. The Labute approximate surface area is 113 Å². The summed E-state index contributed by atoms with van der Waals surface area (Å²) in [6.45, 7) is 2.12. The highest BCUT2D eigenvalue weighted by Crippen LogP contribution is 2.20. The van der Waals surface area contributed by atoms with Crippen molar-refractivity contribution >= 4 is 11.8 Å². The van der Waals surface area contributed by atoms with E-state index in [1.165, 1.54) is 16.0 Å². The molecular weight excluding hydrogens is 238 g/mol. The molecule has 1 unspecified atom stereocenters. The maximum absolute atomic E-state index is 6.17. The van der Waals surface area contributed by atoms with Gasteiger partial charge in [0.1, 0.15) is 0 Å². The van der Waals surface area contributed by atoms with E-state index in [1.54, 1.807) is 0 Å². The minimum absolute atomic E-state index is 0.206. The Morgan fingerprint density at radius 1 is 1.06 bits per heavy atom. The van der Waals surface area contributed by atoms with E-state index in [-0.39, 0.29) is 6.04 Å². The molecule has 0 aromatic heterocycles. The first-order valence-electron chi connectivity index (χ1n) is 6.23. The molecule has 0 aliphatic rings. The van der Waals surface area contributed by atoms with E-state index in [0.717, 1.165) is 12.2 Å². The van der Waals surface area contributed by atoms with Crippen molar-refractivity contribution < 1.29 is 0 Å². The van der Waals surface area contributed by atoms with Crippen molar-refractivity contribution in [2.45, 2.75) is 24.3 Å². The number of hydrogen-bond donors (Lipinski definition) is 1. The zero-order valence-corrected chi connectivity index (χ0v) is 11.5. The Kier molecular flexibility index (Phi) is 4.85. The lowest BCUT2D eigenvalue weighted by Gasteiger charge is -2.11. The van der Waals surface area contributed by atoms with Gasteiger partial charge in [-0.2, -0.15) is 0 Å². The van der Waals surface area contributed by atoms with E-state index in [9.17, 15) is 0 Å². The van der Waals surface area contributed by atoms with Gasteiger partial charge in [0.25, 0.3) is 0 Å². The lowest BCUT2D eigenvalue weighted by atomic mass is 10.1. The van der Waals surface area contributed by atoms with E-state index in [4.69, 9.17) is 5.73 Å². The van der Waals surface area contributed by atoms with Crippen LogP contribution in [-0.2, 0) is 6.42 Å². The first kappa shape index (κ1) is 13.2. The van der Waals surface area contributed by atoms with Crippen LogP contribution >= 0.6 is 11.8 Å². The van der Waals surface area contributed by atoms with Gasteiger partial charge < -0.3 is 5.73 Å². The van der Waals surface area contributed by atoms with Gasteiger partial charge in [-0.3, -0.25) is 0 Å². The first-order chi connectivity index (χ1) is 8.74. The van der Waals surface area contributed by atoms with Crippen molar-refractivity contribution in [3.05, 3.63) is 65.7 Å². The van der Waals surface area contributed by atoms with E-state index in [2.05, 4.69) is 55.5 Å². The maximum atomic E-state index is 6.17. The first-order valence-corrected chi connectivity index (χ1v) is 7.21. The Balaban J connectivity index is 1.83. The van der Waals surface area contributed by atoms with Crippen LogP contribution in [0.4, 0.5) is 0 Å². The molecule has 2 N–H and O–H groups in total. The highest BCUT2D eigenvalue weighted by molar-refractivity contribution is 7.99. The van der Waals surface area contributed by atoms with Gasteiger partial charge in [0.05, 0.1) is 0 Å². The summed E-state index contributed by atoms with van der Waals surface area (Å²) in [4.78, 5) is 1.30. The molecule has 2 aromatic rings. The average molecular weight is 257 g/mol. The van der Waals surface area contributed by atoms with Gasteiger partial charge in [0, 0.05) is 16.7 Å². The van der Waals surface area contributed by atoms with Crippen LogP contribution in [-0.4, -0.2) is 11.8 Å². The van der Waals surface area contributed by atoms with Gasteiger partial charge in [0.15, 0.2) is 0 Å². The van der Waals surface area contributed by atoms with Crippen LogP contribution in [0.1, 0.15) is 11.1 Å². The predicted molar refractivity (Wildman–Crippen MR) is 80.0 cm³/mol. The van der Waals surface area contributed by atoms with Crippen molar-refractivity contribution in [1.29, 1.82) is 0 Å². The SMILES string of the molecule is Cc1cccc(SCC(N)Cc2ccccc2)c1. The number of rotatable bonds is 5. The molecule has 0 saturated carbocycles. The second-order valence-electron chi connectivity index (χ2n) is 4.58. The molecule has 0 spiro atoms. The number of hydrogen-bond acceptors (Lipinski definition) is 2. The summed E-state index contributed by atoms with van der Waals surface area (Å²) in [7, 11) is 0. The van der Waals surface area contributed by atoms with Gasteiger partial charge in [-0.05, 0) is 31.0 Å². The molecule has 0 bridgehead atoms. The molecule has 0 aliphatic heterocycles. The maximum Gasteiger partial charge on any atom is 0.0174 e.